The van der Waals surface area contributed by atoms with E-state index in [2.05, 4.69) is 4.90 Å². The second-order valence-corrected chi connectivity index (χ2v) is 10.1. The number of rotatable bonds is 8. The van der Waals surface area contributed by atoms with Crippen LogP contribution in [0.1, 0.15) is 40.2 Å². The van der Waals surface area contributed by atoms with Gasteiger partial charge >= 0.3 is 5.97 Å². The van der Waals surface area contributed by atoms with Gasteiger partial charge in [-0.15, -0.1) is 0 Å². The number of nitrogens with zero attached hydrogens (tertiary/aromatic N) is 2. The Morgan fingerprint density at radius 1 is 1.26 bits per heavy atom. The van der Waals surface area contributed by atoms with Gasteiger partial charge in [0.2, 0.25) is 0 Å². The number of halogens is 1. The molecule has 3 aliphatic rings. The van der Waals surface area contributed by atoms with E-state index in [4.69, 9.17) is 4.74 Å². The molecule has 10 heteroatoms. The predicted octanol–water partition coefficient (Wildman–Crippen LogP) is 3.15. The lowest BCUT2D eigenvalue weighted by Gasteiger charge is -2.28. The summed E-state index contributed by atoms with van der Waals surface area (Å²) in [6.07, 6.45) is 2.25. The molecule has 0 amide bonds. The summed E-state index contributed by atoms with van der Waals surface area (Å²) in [6, 6.07) is 7.28. The standard InChI is InChI=1S/C24H27FN2O6S/c25-17-1-3-20(15(10-17)9-14-5-6-26(12-14)7-8-28)27(34(31)32)21-4-2-18-19-11-16(19)13-33-23(18)22(21)24(29)30/h1-4,10,14,16,19,28H,5-9,11-13H2,(H,29,30)(H,31,32)/t14-,16-,19-/m0/s1. The largest absolute Gasteiger partial charge is 0.492 e. The molecule has 182 valence electrons. The monoisotopic (exact) mass is 490 g/mol. The van der Waals surface area contributed by atoms with Gasteiger partial charge in [0.1, 0.15) is 17.1 Å². The fourth-order valence-electron chi connectivity index (χ4n) is 5.36. The van der Waals surface area contributed by atoms with Gasteiger partial charge < -0.3 is 19.8 Å². The molecule has 0 spiro atoms. The molecule has 0 bridgehead atoms. The number of carboxylic acid groups (broad SMARTS) is 1. The van der Waals surface area contributed by atoms with Crippen molar-refractivity contribution < 1.29 is 32.9 Å². The number of aliphatic hydroxyl groups is 1. The molecule has 2 aromatic rings. The van der Waals surface area contributed by atoms with Crippen molar-refractivity contribution in [2.45, 2.75) is 25.2 Å². The highest BCUT2D eigenvalue weighted by molar-refractivity contribution is 7.81. The van der Waals surface area contributed by atoms with E-state index in [0.29, 0.717) is 31.1 Å². The predicted molar refractivity (Wildman–Crippen MR) is 124 cm³/mol. The average Bonchev–Trinajstić information content (AvgIpc) is 3.47. The van der Waals surface area contributed by atoms with Crippen molar-refractivity contribution in [3.8, 4) is 5.75 Å². The molecule has 1 aliphatic carbocycles. The van der Waals surface area contributed by atoms with Crippen LogP contribution in [0.2, 0.25) is 0 Å². The lowest BCUT2D eigenvalue weighted by atomic mass is 9.96. The van der Waals surface area contributed by atoms with Gasteiger partial charge in [0.15, 0.2) is 0 Å². The molecule has 1 saturated carbocycles. The minimum absolute atomic E-state index is 0.0346. The zero-order valence-corrected chi connectivity index (χ0v) is 19.3. The molecule has 1 unspecified atom stereocenters. The van der Waals surface area contributed by atoms with E-state index in [1.165, 1.54) is 18.2 Å². The Balaban J connectivity index is 1.55. The van der Waals surface area contributed by atoms with Gasteiger partial charge in [-0.2, -0.15) is 0 Å². The maximum atomic E-state index is 14.3. The lowest BCUT2D eigenvalue weighted by Crippen LogP contribution is -2.26. The number of carboxylic acids is 1. The second-order valence-electron chi connectivity index (χ2n) is 9.28. The van der Waals surface area contributed by atoms with Crippen LogP contribution in [0, 0.1) is 17.7 Å². The van der Waals surface area contributed by atoms with E-state index in [9.17, 15) is 28.2 Å². The minimum atomic E-state index is -2.61. The summed E-state index contributed by atoms with van der Waals surface area (Å²) in [5.74, 6) is -0.643. The first kappa shape index (κ1) is 23.2. The number of hydrogen-bond acceptors (Lipinski definition) is 5. The van der Waals surface area contributed by atoms with Gasteiger partial charge in [-0.3, -0.25) is 4.55 Å². The summed E-state index contributed by atoms with van der Waals surface area (Å²) < 4.78 is 44.0. The van der Waals surface area contributed by atoms with Crippen LogP contribution in [0.25, 0.3) is 0 Å². The molecule has 8 nitrogen and oxygen atoms in total. The van der Waals surface area contributed by atoms with Crippen LogP contribution in [0.4, 0.5) is 15.8 Å². The zero-order chi connectivity index (χ0) is 24.0. The maximum Gasteiger partial charge on any atom is 0.341 e. The van der Waals surface area contributed by atoms with Gasteiger partial charge in [-0.1, -0.05) is 6.07 Å². The third-order valence-electron chi connectivity index (χ3n) is 7.07. The summed E-state index contributed by atoms with van der Waals surface area (Å²) in [6.45, 7) is 2.61. The lowest BCUT2D eigenvalue weighted by molar-refractivity contribution is 0.0692. The van der Waals surface area contributed by atoms with Crippen LogP contribution < -0.4 is 9.04 Å². The van der Waals surface area contributed by atoms with Crippen LogP contribution in [0.5, 0.6) is 5.75 Å². The molecular weight excluding hydrogens is 463 g/mol. The molecule has 2 heterocycles. The third-order valence-corrected chi connectivity index (χ3v) is 7.78. The number of ether oxygens (including phenoxy) is 1. The molecule has 5 rings (SSSR count). The molecule has 0 radical (unpaired) electrons. The van der Waals surface area contributed by atoms with Gasteiger partial charge in [0.05, 0.1) is 24.6 Å². The Labute approximate surface area is 199 Å². The fourth-order valence-corrected chi connectivity index (χ4v) is 6.03. The van der Waals surface area contributed by atoms with E-state index < -0.39 is 23.1 Å². The smallest absolute Gasteiger partial charge is 0.341 e. The Hall–Kier alpha value is -2.53. The van der Waals surface area contributed by atoms with Crippen molar-refractivity contribution in [3.63, 3.8) is 0 Å². The van der Waals surface area contributed by atoms with Gasteiger partial charge in [-0.25, -0.2) is 17.7 Å². The van der Waals surface area contributed by atoms with E-state index in [-0.39, 0.29) is 41.1 Å². The number of hydrogen-bond donors (Lipinski definition) is 3. The molecule has 1 saturated heterocycles. The van der Waals surface area contributed by atoms with Crippen molar-refractivity contribution in [2.24, 2.45) is 11.8 Å². The molecule has 2 aromatic carbocycles. The summed E-state index contributed by atoms with van der Waals surface area (Å²) >= 11 is -2.61. The molecule has 2 fully saturated rings. The highest BCUT2D eigenvalue weighted by Crippen LogP contribution is 2.56. The Bertz CT molecular complexity index is 1140. The van der Waals surface area contributed by atoms with Gasteiger partial charge in [-0.05, 0) is 73.0 Å². The first-order chi connectivity index (χ1) is 16.4. The van der Waals surface area contributed by atoms with Crippen molar-refractivity contribution in [3.05, 3.63) is 52.8 Å². The van der Waals surface area contributed by atoms with Gasteiger partial charge in [0.25, 0.3) is 11.3 Å². The number of fused-ring (bicyclic) bond motifs is 3. The Morgan fingerprint density at radius 2 is 2.06 bits per heavy atom. The number of likely N-dealkylation sites (tertiary alicyclic amines) is 1. The van der Waals surface area contributed by atoms with Crippen molar-refractivity contribution in [2.75, 3.05) is 37.2 Å². The highest BCUT2D eigenvalue weighted by atomic mass is 32.2. The number of aromatic carboxylic acids is 1. The van der Waals surface area contributed by atoms with Crippen molar-refractivity contribution in [1.29, 1.82) is 0 Å². The third kappa shape index (κ3) is 4.31. The summed E-state index contributed by atoms with van der Waals surface area (Å²) in [5.41, 5.74) is 1.50. The molecular formula is C24H27FN2O6S. The van der Waals surface area contributed by atoms with Crippen molar-refractivity contribution >= 4 is 28.6 Å². The SMILES string of the molecule is O=C(O)c1c(N(c2ccc(F)cc2C[C@@H]2CCN(CCO)C2)S(=O)O)ccc2c1OC[C@@H]1C[C@H]21. The zero-order valence-electron chi connectivity index (χ0n) is 18.5. The summed E-state index contributed by atoms with van der Waals surface area (Å²) in [7, 11) is 0. The van der Waals surface area contributed by atoms with E-state index in [1.54, 1.807) is 12.1 Å². The first-order valence-corrected chi connectivity index (χ1v) is 12.5. The number of benzene rings is 2. The maximum absolute atomic E-state index is 14.3. The van der Waals surface area contributed by atoms with E-state index in [1.807, 2.05) is 0 Å². The average molecular weight is 491 g/mol. The molecule has 4 atom stereocenters. The van der Waals surface area contributed by atoms with Gasteiger partial charge in [0, 0.05) is 19.0 Å². The van der Waals surface area contributed by atoms with Crippen LogP contribution in [0.3, 0.4) is 0 Å². The molecule has 34 heavy (non-hydrogen) atoms. The van der Waals surface area contributed by atoms with Crippen LogP contribution in [0.15, 0.2) is 30.3 Å². The molecule has 0 aromatic heterocycles. The number of β-amino-alcohol motifs (C(OH)–C–C–N with tert-alkyl or cyclic N) is 1. The highest BCUT2D eigenvalue weighted by Gasteiger charge is 2.46. The van der Waals surface area contributed by atoms with Crippen LogP contribution >= 0.6 is 0 Å². The van der Waals surface area contributed by atoms with Crippen LogP contribution in [-0.2, 0) is 17.7 Å². The minimum Gasteiger partial charge on any atom is -0.492 e. The van der Waals surface area contributed by atoms with E-state index >= 15 is 0 Å². The fraction of sp³-hybridized carbons (Fsp3) is 0.458. The molecule has 3 N–H and O–H groups in total. The molecule has 2 aliphatic heterocycles. The summed E-state index contributed by atoms with van der Waals surface area (Å²) in [5, 5.41) is 19.2. The number of carbonyl (C=O) groups is 1. The van der Waals surface area contributed by atoms with Crippen LogP contribution in [-0.4, -0.2) is 62.7 Å². The quantitative estimate of drug-likeness (QED) is 0.488. The second kappa shape index (κ2) is 9.26. The Kier molecular flexibility index (Phi) is 6.32. The summed E-state index contributed by atoms with van der Waals surface area (Å²) in [4.78, 5) is 14.4. The number of aliphatic hydroxyl groups excluding tert-OH is 1. The topological polar surface area (TPSA) is 111 Å². The first-order valence-electron chi connectivity index (χ1n) is 11.4. The Morgan fingerprint density at radius 3 is 2.79 bits per heavy atom. The van der Waals surface area contributed by atoms with E-state index in [0.717, 1.165) is 35.8 Å². The van der Waals surface area contributed by atoms with Crippen molar-refractivity contribution in [1.82, 2.24) is 4.90 Å². The normalized spacial score (nSPS) is 24.1. The number of anilines is 2.